The first kappa shape index (κ1) is 17.1. The predicted molar refractivity (Wildman–Crippen MR) is 96.3 cm³/mol. The van der Waals surface area contributed by atoms with E-state index >= 15 is 0 Å². The summed E-state index contributed by atoms with van der Waals surface area (Å²) in [5.41, 5.74) is 2.20. The van der Waals surface area contributed by atoms with E-state index in [0.717, 1.165) is 29.5 Å². The SMILES string of the molecule is COCc1nc(C)cc(NC2CCN(C)C2c2ccc(Cl)cc2)n1. The molecular formula is C18H23ClN4O. The Morgan fingerprint density at radius 2 is 2.04 bits per heavy atom. The second-order valence-electron chi connectivity index (χ2n) is 6.26. The second-order valence-corrected chi connectivity index (χ2v) is 6.70. The van der Waals surface area contributed by atoms with Crippen LogP contribution in [0, 0.1) is 6.92 Å². The topological polar surface area (TPSA) is 50.3 Å². The molecule has 1 aromatic heterocycles. The molecule has 1 aliphatic heterocycles. The normalized spacial score (nSPS) is 21.2. The Kier molecular flexibility index (Phi) is 5.33. The largest absolute Gasteiger partial charge is 0.377 e. The Balaban J connectivity index is 1.82. The molecule has 0 bridgehead atoms. The fraction of sp³-hybridized carbons (Fsp3) is 0.444. The summed E-state index contributed by atoms with van der Waals surface area (Å²) < 4.78 is 5.15. The Morgan fingerprint density at radius 1 is 1.29 bits per heavy atom. The van der Waals surface area contributed by atoms with Gasteiger partial charge in [0, 0.05) is 36.5 Å². The van der Waals surface area contributed by atoms with Crippen molar-refractivity contribution < 1.29 is 4.74 Å². The van der Waals surface area contributed by atoms with Crippen LogP contribution in [0.1, 0.15) is 29.5 Å². The Bertz CT molecular complexity index is 692. The average molecular weight is 347 g/mol. The second kappa shape index (κ2) is 7.47. The molecule has 5 nitrogen and oxygen atoms in total. The van der Waals surface area contributed by atoms with Crippen LogP contribution in [0.15, 0.2) is 30.3 Å². The van der Waals surface area contributed by atoms with Gasteiger partial charge in [0.05, 0.1) is 6.04 Å². The number of anilines is 1. The number of likely N-dealkylation sites (tertiary alicyclic amines) is 1. The number of hydrogen-bond donors (Lipinski definition) is 1. The lowest BCUT2D eigenvalue weighted by Gasteiger charge is -2.26. The number of aryl methyl sites for hydroxylation is 1. The third-order valence-electron chi connectivity index (χ3n) is 4.37. The van der Waals surface area contributed by atoms with Gasteiger partial charge in [0.2, 0.25) is 0 Å². The van der Waals surface area contributed by atoms with E-state index in [2.05, 4.69) is 39.4 Å². The Hall–Kier alpha value is -1.69. The number of likely N-dealkylation sites (N-methyl/N-ethyl adjacent to an activating group) is 1. The van der Waals surface area contributed by atoms with Crippen molar-refractivity contribution in [3.63, 3.8) is 0 Å². The molecule has 1 aromatic carbocycles. The molecule has 1 aliphatic rings. The van der Waals surface area contributed by atoms with Gasteiger partial charge in [0.1, 0.15) is 12.4 Å². The third kappa shape index (κ3) is 3.86. The minimum atomic E-state index is 0.292. The highest BCUT2D eigenvalue weighted by atomic mass is 35.5. The number of aromatic nitrogens is 2. The van der Waals surface area contributed by atoms with Crippen molar-refractivity contribution >= 4 is 17.4 Å². The zero-order valence-electron chi connectivity index (χ0n) is 14.3. The molecule has 0 radical (unpaired) electrons. The maximum atomic E-state index is 6.03. The van der Waals surface area contributed by atoms with Crippen molar-refractivity contribution in [3.8, 4) is 0 Å². The van der Waals surface area contributed by atoms with Crippen LogP contribution in [0.25, 0.3) is 0 Å². The van der Waals surface area contributed by atoms with Gasteiger partial charge in [0.15, 0.2) is 5.82 Å². The molecular weight excluding hydrogens is 324 g/mol. The summed E-state index contributed by atoms with van der Waals surface area (Å²) in [4.78, 5) is 11.3. The predicted octanol–water partition coefficient (Wildman–Crippen LogP) is 3.44. The van der Waals surface area contributed by atoms with Crippen LogP contribution in [0.5, 0.6) is 0 Å². The maximum absolute atomic E-state index is 6.03. The van der Waals surface area contributed by atoms with Crippen LogP contribution >= 0.6 is 11.6 Å². The lowest BCUT2D eigenvalue weighted by molar-refractivity contribution is 0.177. The smallest absolute Gasteiger partial charge is 0.156 e. The Morgan fingerprint density at radius 3 is 2.75 bits per heavy atom. The molecule has 1 saturated heterocycles. The summed E-state index contributed by atoms with van der Waals surface area (Å²) in [6.45, 7) is 3.44. The van der Waals surface area contributed by atoms with E-state index in [4.69, 9.17) is 16.3 Å². The highest BCUT2D eigenvalue weighted by molar-refractivity contribution is 6.30. The van der Waals surface area contributed by atoms with Gasteiger partial charge in [-0.25, -0.2) is 9.97 Å². The standard InChI is InChI=1S/C18H23ClN4O/c1-12-10-16(22-17(20-12)11-24-3)21-15-8-9-23(2)18(15)13-4-6-14(19)7-5-13/h4-7,10,15,18H,8-9,11H2,1-3H3,(H,20,21,22). The van der Waals surface area contributed by atoms with Crippen molar-refractivity contribution in [3.05, 3.63) is 52.4 Å². The number of methoxy groups -OCH3 is 1. The summed E-state index contributed by atoms with van der Waals surface area (Å²) in [7, 11) is 3.81. The quantitative estimate of drug-likeness (QED) is 0.898. The number of benzene rings is 1. The number of halogens is 1. The number of nitrogens with one attached hydrogen (secondary N) is 1. The molecule has 2 heterocycles. The first-order chi connectivity index (χ1) is 11.6. The first-order valence-electron chi connectivity index (χ1n) is 8.12. The van der Waals surface area contributed by atoms with Crippen molar-refractivity contribution in [2.45, 2.75) is 32.0 Å². The molecule has 1 fully saturated rings. The molecule has 128 valence electrons. The lowest BCUT2D eigenvalue weighted by atomic mass is 10.0. The minimum absolute atomic E-state index is 0.292. The van der Waals surface area contributed by atoms with Gasteiger partial charge in [-0.1, -0.05) is 23.7 Å². The molecule has 0 aliphatic carbocycles. The lowest BCUT2D eigenvalue weighted by Crippen LogP contribution is -2.29. The van der Waals surface area contributed by atoms with Gasteiger partial charge in [0.25, 0.3) is 0 Å². The van der Waals surface area contributed by atoms with E-state index in [1.54, 1.807) is 7.11 Å². The average Bonchev–Trinajstić information content (AvgIpc) is 2.89. The zero-order chi connectivity index (χ0) is 17.1. The van der Waals surface area contributed by atoms with Crippen molar-refractivity contribution in [2.24, 2.45) is 0 Å². The van der Waals surface area contributed by atoms with E-state index < -0.39 is 0 Å². The summed E-state index contributed by atoms with van der Waals surface area (Å²) in [5.74, 6) is 1.56. The number of rotatable bonds is 5. The summed E-state index contributed by atoms with van der Waals surface area (Å²) >= 11 is 6.03. The summed E-state index contributed by atoms with van der Waals surface area (Å²) in [6, 6.07) is 10.7. The van der Waals surface area contributed by atoms with Crippen LogP contribution in [0.3, 0.4) is 0 Å². The van der Waals surface area contributed by atoms with E-state index in [0.29, 0.717) is 24.5 Å². The van der Waals surface area contributed by atoms with E-state index in [1.807, 2.05) is 25.1 Å². The monoisotopic (exact) mass is 346 g/mol. The molecule has 0 spiro atoms. The van der Waals surface area contributed by atoms with E-state index in [9.17, 15) is 0 Å². The minimum Gasteiger partial charge on any atom is -0.377 e. The van der Waals surface area contributed by atoms with E-state index in [1.165, 1.54) is 5.56 Å². The molecule has 2 unspecified atom stereocenters. The van der Waals surface area contributed by atoms with Gasteiger partial charge in [-0.05, 0) is 38.1 Å². The highest BCUT2D eigenvalue weighted by Crippen LogP contribution is 2.33. The molecule has 2 aromatic rings. The number of ether oxygens (including phenoxy) is 1. The summed E-state index contributed by atoms with van der Waals surface area (Å²) in [5, 5.41) is 4.36. The zero-order valence-corrected chi connectivity index (χ0v) is 15.0. The third-order valence-corrected chi connectivity index (χ3v) is 4.62. The van der Waals surface area contributed by atoms with Crippen LogP contribution in [-0.2, 0) is 11.3 Å². The van der Waals surface area contributed by atoms with Gasteiger partial charge in [-0.2, -0.15) is 0 Å². The Labute approximate surface area is 148 Å². The van der Waals surface area contributed by atoms with Crippen LogP contribution in [0.2, 0.25) is 5.02 Å². The van der Waals surface area contributed by atoms with Crippen molar-refractivity contribution in [1.29, 1.82) is 0 Å². The summed E-state index contributed by atoms with van der Waals surface area (Å²) in [6.07, 6.45) is 1.06. The first-order valence-corrected chi connectivity index (χ1v) is 8.50. The molecule has 0 amide bonds. The number of nitrogens with zero attached hydrogens (tertiary/aromatic N) is 3. The van der Waals surface area contributed by atoms with E-state index in [-0.39, 0.29) is 0 Å². The van der Waals surface area contributed by atoms with Gasteiger partial charge < -0.3 is 10.1 Å². The molecule has 6 heteroatoms. The molecule has 2 atom stereocenters. The number of hydrogen-bond acceptors (Lipinski definition) is 5. The fourth-order valence-corrected chi connectivity index (χ4v) is 3.46. The van der Waals surface area contributed by atoms with Crippen molar-refractivity contribution in [2.75, 3.05) is 26.0 Å². The van der Waals surface area contributed by atoms with Crippen LogP contribution < -0.4 is 5.32 Å². The van der Waals surface area contributed by atoms with Gasteiger partial charge in [-0.15, -0.1) is 0 Å². The van der Waals surface area contributed by atoms with Crippen molar-refractivity contribution in [1.82, 2.24) is 14.9 Å². The fourth-order valence-electron chi connectivity index (χ4n) is 3.33. The molecule has 1 N–H and O–H groups in total. The molecule has 3 rings (SSSR count). The van der Waals surface area contributed by atoms with Gasteiger partial charge >= 0.3 is 0 Å². The molecule has 0 saturated carbocycles. The molecule has 24 heavy (non-hydrogen) atoms. The van der Waals surface area contributed by atoms with Crippen LogP contribution in [0.4, 0.5) is 5.82 Å². The van der Waals surface area contributed by atoms with Crippen LogP contribution in [-0.4, -0.2) is 41.6 Å². The maximum Gasteiger partial charge on any atom is 0.156 e. The highest BCUT2D eigenvalue weighted by Gasteiger charge is 2.33. The van der Waals surface area contributed by atoms with Gasteiger partial charge in [-0.3, -0.25) is 4.90 Å².